The van der Waals surface area contributed by atoms with Crippen LogP contribution in [0.4, 0.5) is 11.4 Å². The van der Waals surface area contributed by atoms with Gasteiger partial charge in [-0.15, -0.1) is 0 Å². The lowest BCUT2D eigenvalue weighted by Gasteiger charge is -2.16. The fourth-order valence-corrected chi connectivity index (χ4v) is 3.73. The predicted molar refractivity (Wildman–Crippen MR) is 111 cm³/mol. The van der Waals surface area contributed by atoms with Crippen molar-refractivity contribution in [1.29, 1.82) is 0 Å². The Hall–Kier alpha value is -3.60. The van der Waals surface area contributed by atoms with Crippen molar-refractivity contribution >= 4 is 28.1 Å². The second kappa shape index (κ2) is 6.53. The van der Waals surface area contributed by atoms with Gasteiger partial charge in [0.25, 0.3) is 0 Å². The number of nitrogens with two attached hydrogens (primary N) is 1. The molecule has 28 heavy (non-hydrogen) atoms. The smallest absolute Gasteiger partial charge is 0.228 e. The molecule has 1 fully saturated rings. The molecule has 0 spiro atoms. The van der Waals surface area contributed by atoms with E-state index < -0.39 is 0 Å². The number of carbonyl (C=O) groups excluding carboxylic acids is 1. The number of nitrogens with zero attached hydrogens (tertiary/aromatic N) is 2. The Morgan fingerprint density at radius 3 is 2.61 bits per heavy atom. The van der Waals surface area contributed by atoms with Crippen LogP contribution in [0.5, 0.6) is 0 Å². The fraction of sp³-hybridized carbons (Fsp3) is 0.130. The molecule has 1 aromatic heterocycles. The second-order valence-electron chi connectivity index (χ2n) is 7.02. The number of amides is 1. The summed E-state index contributed by atoms with van der Waals surface area (Å²) < 4.78 is 5.75. The monoisotopic (exact) mass is 369 g/mol. The number of aromatic nitrogens is 1. The van der Waals surface area contributed by atoms with E-state index in [1.165, 1.54) is 0 Å². The molecule has 0 radical (unpaired) electrons. The van der Waals surface area contributed by atoms with Gasteiger partial charge in [-0.2, -0.15) is 0 Å². The normalized spacial score (nSPS) is 14.1. The minimum absolute atomic E-state index is 0.168. The first-order valence-electron chi connectivity index (χ1n) is 9.34. The van der Waals surface area contributed by atoms with Gasteiger partial charge in [0.05, 0.1) is 5.56 Å². The van der Waals surface area contributed by atoms with Crippen LogP contribution in [0.15, 0.2) is 71.3 Å². The van der Waals surface area contributed by atoms with Gasteiger partial charge in [-0.3, -0.25) is 4.79 Å². The minimum atomic E-state index is 0.168. The van der Waals surface area contributed by atoms with E-state index >= 15 is 0 Å². The number of hydrogen-bond donors (Lipinski definition) is 1. The number of rotatable bonds is 3. The molecule has 138 valence electrons. The molecule has 4 aromatic rings. The van der Waals surface area contributed by atoms with E-state index in [4.69, 9.17) is 10.2 Å². The molecule has 2 heterocycles. The van der Waals surface area contributed by atoms with Crippen molar-refractivity contribution in [3.63, 3.8) is 0 Å². The third-order valence-electron chi connectivity index (χ3n) is 5.18. The summed E-state index contributed by atoms with van der Waals surface area (Å²) in [4.78, 5) is 18.5. The average Bonchev–Trinajstić information content (AvgIpc) is 3.37. The number of fused-ring (bicyclic) bond motifs is 1. The lowest BCUT2D eigenvalue weighted by Crippen LogP contribution is -2.23. The standard InChI is InChI=1S/C23H19N3O2/c24-20-13-16-6-2-1-5-15(16)12-19(20)23-25-21(14-28-23)17-7-3-8-18(11-17)26-10-4-9-22(26)27/h1-3,5-8,11-14H,4,9-10,24H2. The van der Waals surface area contributed by atoms with Gasteiger partial charge >= 0.3 is 0 Å². The zero-order valence-corrected chi connectivity index (χ0v) is 15.3. The maximum absolute atomic E-state index is 12.0. The van der Waals surface area contributed by atoms with Crippen LogP contribution in [0.25, 0.3) is 33.5 Å². The van der Waals surface area contributed by atoms with E-state index in [2.05, 4.69) is 4.98 Å². The Labute approximate surface area is 162 Å². The van der Waals surface area contributed by atoms with Crippen LogP contribution >= 0.6 is 0 Å². The summed E-state index contributed by atoms with van der Waals surface area (Å²) in [7, 11) is 0. The zero-order valence-electron chi connectivity index (χ0n) is 15.3. The first-order valence-corrected chi connectivity index (χ1v) is 9.34. The quantitative estimate of drug-likeness (QED) is 0.523. The number of anilines is 2. The topological polar surface area (TPSA) is 72.4 Å². The Morgan fingerprint density at radius 1 is 1.00 bits per heavy atom. The van der Waals surface area contributed by atoms with Crippen molar-refractivity contribution in [2.75, 3.05) is 17.2 Å². The van der Waals surface area contributed by atoms with Gasteiger partial charge < -0.3 is 15.1 Å². The maximum atomic E-state index is 12.0. The van der Waals surface area contributed by atoms with Crippen LogP contribution in [-0.4, -0.2) is 17.4 Å². The highest BCUT2D eigenvalue weighted by molar-refractivity contribution is 5.96. The third kappa shape index (κ3) is 2.81. The molecule has 1 amide bonds. The van der Waals surface area contributed by atoms with Crippen molar-refractivity contribution in [2.45, 2.75) is 12.8 Å². The summed E-state index contributed by atoms with van der Waals surface area (Å²) in [6, 6.07) is 19.8. The van der Waals surface area contributed by atoms with Crippen LogP contribution in [0.1, 0.15) is 12.8 Å². The van der Waals surface area contributed by atoms with E-state index in [1.54, 1.807) is 6.26 Å². The van der Waals surface area contributed by atoms with Crippen LogP contribution in [-0.2, 0) is 4.79 Å². The highest BCUT2D eigenvalue weighted by atomic mass is 16.3. The first kappa shape index (κ1) is 16.6. The third-order valence-corrected chi connectivity index (χ3v) is 5.18. The molecule has 1 aliphatic heterocycles. The van der Waals surface area contributed by atoms with Gasteiger partial charge in [0, 0.05) is 29.9 Å². The molecule has 1 saturated heterocycles. The summed E-state index contributed by atoms with van der Waals surface area (Å²) in [5.74, 6) is 0.655. The molecule has 1 aliphatic rings. The first-order chi connectivity index (χ1) is 13.7. The summed E-state index contributed by atoms with van der Waals surface area (Å²) in [6.07, 6.45) is 3.15. The Kier molecular flexibility index (Phi) is 3.86. The Morgan fingerprint density at radius 2 is 1.82 bits per heavy atom. The summed E-state index contributed by atoms with van der Waals surface area (Å²) in [5.41, 5.74) is 10.2. The molecule has 0 atom stereocenters. The van der Waals surface area contributed by atoms with Crippen molar-refractivity contribution in [3.05, 3.63) is 66.9 Å². The van der Waals surface area contributed by atoms with Crippen LogP contribution in [0, 0.1) is 0 Å². The largest absolute Gasteiger partial charge is 0.444 e. The molecule has 5 rings (SSSR count). The van der Waals surface area contributed by atoms with Crippen molar-refractivity contribution in [3.8, 4) is 22.7 Å². The highest BCUT2D eigenvalue weighted by Gasteiger charge is 2.22. The number of benzene rings is 3. The predicted octanol–water partition coefficient (Wildman–Crippen LogP) is 4.87. The molecular weight excluding hydrogens is 350 g/mol. The molecule has 5 nitrogen and oxygen atoms in total. The lowest BCUT2D eigenvalue weighted by molar-refractivity contribution is -0.117. The lowest BCUT2D eigenvalue weighted by atomic mass is 10.1. The number of nitrogen functional groups attached to an aromatic ring is 1. The molecule has 3 aromatic carbocycles. The fourth-order valence-electron chi connectivity index (χ4n) is 3.73. The van der Waals surface area contributed by atoms with E-state index in [0.717, 1.165) is 46.2 Å². The van der Waals surface area contributed by atoms with Gasteiger partial charge in [0.1, 0.15) is 12.0 Å². The van der Waals surface area contributed by atoms with E-state index in [0.29, 0.717) is 18.0 Å². The Bertz CT molecular complexity index is 1200. The number of hydrogen-bond acceptors (Lipinski definition) is 4. The molecule has 0 unspecified atom stereocenters. The second-order valence-corrected chi connectivity index (χ2v) is 7.02. The molecule has 5 heteroatoms. The van der Waals surface area contributed by atoms with Crippen LogP contribution < -0.4 is 10.6 Å². The minimum Gasteiger partial charge on any atom is -0.444 e. The molecule has 2 N–H and O–H groups in total. The van der Waals surface area contributed by atoms with Crippen molar-refractivity contribution in [1.82, 2.24) is 4.98 Å². The van der Waals surface area contributed by atoms with E-state index in [9.17, 15) is 4.79 Å². The average molecular weight is 369 g/mol. The van der Waals surface area contributed by atoms with Crippen LogP contribution in [0.3, 0.4) is 0 Å². The van der Waals surface area contributed by atoms with Crippen molar-refractivity contribution < 1.29 is 9.21 Å². The Balaban J connectivity index is 1.52. The van der Waals surface area contributed by atoms with Gasteiger partial charge in [0.2, 0.25) is 11.8 Å². The van der Waals surface area contributed by atoms with Gasteiger partial charge in [0.15, 0.2) is 0 Å². The van der Waals surface area contributed by atoms with Gasteiger partial charge in [-0.1, -0.05) is 36.4 Å². The highest BCUT2D eigenvalue weighted by Crippen LogP contribution is 2.33. The molecular formula is C23H19N3O2. The molecule has 0 saturated carbocycles. The molecule has 0 bridgehead atoms. The van der Waals surface area contributed by atoms with E-state index in [-0.39, 0.29) is 5.91 Å². The van der Waals surface area contributed by atoms with E-state index in [1.807, 2.05) is 65.6 Å². The van der Waals surface area contributed by atoms with Gasteiger partial charge in [-0.05, 0) is 41.5 Å². The number of carbonyl (C=O) groups is 1. The summed E-state index contributed by atoms with van der Waals surface area (Å²) >= 11 is 0. The maximum Gasteiger partial charge on any atom is 0.228 e. The zero-order chi connectivity index (χ0) is 19.1. The summed E-state index contributed by atoms with van der Waals surface area (Å²) in [6.45, 7) is 0.764. The SMILES string of the molecule is Nc1cc2ccccc2cc1-c1nc(-c2cccc(N3CCCC3=O)c2)co1. The van der Waals surface area contributed by atoms with Crippen LogP contribution in [0.2, 0.25) is 0 Å². The summed E-state index contributed by atoms with van der Waals surface area (Å²) in [5, 5.41) is 2.17. The molecule has 0 aliphatic carbocycles. The van der Waals surface area contributed by atoms with Gasteiger partial charge in [-0.25, -0.2) is 4.98 Å². The number of oxazole rings is 1. The van der Waals surface area contributed by atoms with Crippen molar-refractivity contribution in [2.24, 2.45) is 0 Å².